The zero-order valence-electron chi connectivity index (χ0n) is 10.6. The van der Waals surface area contributed by atoms with Gasteiger partial charge in [-0.2, -0.15) is 0 Å². The molecule has 0 spiro atoms. The monoisotopic (exact) mass is 305 g/mol. The molecule has 2 aromatic heterocycles. The van der Waals surface area contributed by atoms with Gasteiger partial charge in [-0.15, -0.1) is 5.10 Å². The van der Waals surface area contributed by atoms with Crippen molar-refractivity contribution < 1.29 is 9.13 Å². The lowest BCUT2D eigenvalue weighted by Gasteiger charge is -2.02. The second kappa shape index (κ2) is 5.84. The molecule has 1 aromatic carbocycles. The van der Waals surface area contributed by atoms with Crippen LogP contribution in [0.4, 0.5) is 4.39 Å². The van der Waals surface area contributed by atoms with Gasteiger partial charge in [0.05, 0.1) is 11.2 Å². The van der Waals surface area contributed by atoms with Crippen molar-refractivity contribution >= 4 is 11.6 Å². The second-order valence-corrected chi connectivity index (χ2v) is 4.45. The van der Waals surface area contributed by atoms with Gasteiger partial charge in [0, 0.05) is 12.4 Å². The van der Waals surface area contributed by atoms with Crippen LogP contribution in [0.1, 0.15) is 5.69 Å². The van der Waals surface area contributed by atoms with E-state index in [1.54, 1.807) is 36.8 Å². The lowest BCUT2D eigenvalue weighted by atomic mass is 10.3. The maximum atomic E-state index is 13.9. The minimum Gasteiger partial charge on any atom is -0.457 e. The Hall–Kier alpha value is -2.54. The van der Waals surface area contributed by atoms with Gasteiger partial charge in [0.25, 0.3) is 0 Å². The van der Waals surface area contributed by atoms with Gasteiger partial charge < -0.3 is 4.74 Å². The largest absolute Gasteiger partial charge is 0.457 e. The summed E-state index contributed by atoms with van der Waals surface area (Å²) >= 11 is 5.73. The van der Waals surface area contributed by atoms with Crippen LogP contribution < -0.4 is 4.74 Å². The molecule has 21 heavy (non-hydrogen) atoms. The van der Waals surface area contributed by atoms with Crippen molar-refractivity contribution in [2.24, 2.45) is 0 Å². The molecule has 106 valence electrons. The summed E-state index contributed by atoms with van der Waals surface area (Å²) < 4.78 is 20.5. The number of halogens is 2. The van der Waals surface area contributed by atoms with Gasteiger partial charge in [0.15, 0.2) is 5.82 Å². The molecule has 0 bridgehead atoms. The summed E-state index contributed by atoms with van der Waals surface area (Å²) in [6.07, 6.45) is 4.69. The van der Waals surface area contributed by atoms with Crippen LogP contribution in [0.5, 0.6) is 6.01 Å². The molecule has 8 heteroatoms. The normalized spacial score (nSPS) is 10.6. The maximum Gasteiger partial charge on any atom is 0.316 e. The van der Waals surface area contributed by atoms with Gasteiger partial charge in [0.1, 0.15) is 18.0 Å². The van der Waals surface area contributed by atoms with Crippen molar-refractivity contribution in [3.8, 4) is 11.7 Å². The molecule has 0 saturated carbocycles. The number of nitrogens with zero attached hydrogens (tertiary/aromatic N) is 5. The zero-order chi connectivity index (χ0) is 14.7. The number of hydrogen-bond donors (Lipinski definition) is 0. The topological polar surface area (TPSA) is 65.7 Å². The summed E-state index contributed by atoms with van der Waals surface area (Å²) in [4.78, 5) is 7.84. The number of hydrogen-bond acceptors (Lipinski definition) is 5. The molecular weight excluding hydrogens is 297 g/mol. The van der Waals surface area contributed by atoms with Crippen LogP contribution in [0.3, 0.4) is 0 Å². The second-order valence-electron chi connectivity index (χ2n) is 4.05. The third-order valence-electron chi connectivity index (χ3n) is 2.61. The van der Waals surface area contributed by atoms with Crippen molar-refractivity contribution in [2.75, 3.05) is 0 Å². The molecular formula is C13H9ClFN5O. The highest BCUT2D eigenvalue weighted by molar-refractivity contribution is 6.30. The predicted octanol–water partition coefficient (Wildman–Crippen LogP) is 2.43. The third-order valence-corrected chi connectivity index (χ3v) is 2.90. The smallest absolute Gasteiger partial charge is 0.316 e. The summed E-state index contributed by atoms with van der Waals surface area (Å²) in [7, 11) is 0. The van der Waals surface area contributed by atoms with Crippen LogP contribution >= 0.6 is 11.6 Å². The van der Waals surface area contributed by atoms with Gasteiger partial charge in [0.2, 0.25) is 0 Å². The summed E-state index contributed by atoms with van der Waals surface area (Å²) in [5.41, 5.74) is 0.735. The van der Waals surface area contributed by atoms with Crippen LogP contribution in [-0.2, 0) is 6.61 Å². The molecule has 0 fully saturated rings. The molecule has 0 aliphatic carbocycles. The summed E-state index contributed by atoms with van der Waals surface area (Å²) in [5.74, 6) is -0.553. The number of benzene rings is 1. The van der Waals surface area contributed by atoms with Crippen LogP contribution in [0.15, 0.2) is 42.9 Å². The first kappa shape index (κ1) is 13.4. The standard InChI is InChI=1S/C13H9ClFN5O/c14-10-3-1-4-11(12(10)15)20-7-9(18-19-20)8-21-13-16-5-2-6-17-13/h1-7H,8H2. The van der Waals surface area contributed by atoms with Gasteiger partial charge >= 0.3 is 6.01 Å². The molecule has 0 unspecified atom stereocenters. The van der Waals surface area contributed by atoms with Crippen LogP contribution in [0, 0.1) is 5.82 Å². The van der Waals surface area contributed by atoms with Crippen molar-refractivity contribution in [2.45, 2.75) is 6.61 Å². The molecule has 0 radical (unpaired) electrons. The molecule has 0 amide bonds. The molecule has 0 atom stereocenters. The van der Waals surface area contributed by atoms with Gasteiger partial charge in [-0.25, -0.2) is 19.0 Å². The Morgan fingerprint density at radius 1 is 1.19 bits per heavy atom. The van der Waals surface area contributed by atoms with Crippen molar-refractivity contribution in [3.05, 3.63) is 59.4 Å². The van der Waals surface area contributed by atoms with E-state index in [-0.39, 0.29) is 23.3 Å². The number of ether oxygens (including phenoxy) is 1. The first-order valence-corrected chi connectivity index (χ1v) is 6.37. The molecule has 2 heterocycles. The van der Waals surface area contributed by atoms with E-state index in [4.69, 9.17) is 16.3 Å². The average Bonchev–Trinajstić information content (AvgIpc) is 2.98. The molecule has 0 aliphatic rings. The Bertz CT molecular complexity index is 749. The molecule has 0 aliphatic heterocycles. The van der Waals surface area contributed by atoms with E-state index in [1.165, 1.54) is 10.7 Å². The van der Waals surface area contributed by atoms with Crippen molar-refractivity contribution in [1.29, 1.82) is 0 Å². The Balaban J connectivity index is 1.76. The first-order valence-electron chi connectivity index (χ1n) is 5.99. The van der Waals surface area contributed by atoms with Crippen LogP contribution in [-0.4, -0.2) is 25.0 Å². The molecule has 3 rings (SSSR count). The van der Waals surface area contributed by atoms with E-state index >= 15 is 0 Å². The summed E-state index contributed by atoms with van der Waals surface area (Å²) in [6, 6.07) is 6.58. The Morgan fingerprint density at radius 2 is 2.00 bits per heavy atom. The maximum absolute atomic E-state index is 13.9. The minimum absolute atomic E-state index is 0.0264. The highest BCUT2D eigenvalue weighted by Crippen LogP contribution is 2.20. The predicted molar refractivity (Wildman–Crippen MR) is 72.7 cm³/mol. The van der Waals surface area contributed by atoms with Gasteiger partial charge in [-0.05, 0) is 18.2 Å². The highest BCUT2D eigenvalue weighted by Gasteiger charge is 2.11. The minimum atomic E-state index is -0.553. The highest BCUT2D eigenvalue weighted by atomic mass is 35.5. The lowest BCUT2D eigenvalue weighted by molar-refractivity contribution is 0.276. The molecule has 3 aromatic rings. The quantitative estimate of drug-likeness (QED) is 0.740. The van der Waals surface area contributed by atoms with Crippen molar-refractivity contribution in [3.63, 3.8) is 0 Å². The number of aromatic nitrogens is 5. The Labute approximate surface area is 124 Å². The SMILES string of the molecule is Fc1c(Cl)cccc1-n1cc(COc2ncccn2)nn1. The van der Waals surface area contributed by atoms with Crippen molar-refractivity contribution in [1.82, 2.24) is 25.0 Å². The first-order chi connectivity index (χ1) is 10.2. The lowest BCUT2D eigenvalue weighted by Crippen LogP contribution is -1.99. The fraction of sp³-hybridized carbons (Fsp3) is 0.0769. The summed E-state index contributed by atoms with van der Waals surface area (Å²) in [6.45, 7) is 0.131. The van der Waals surface area contributed by atoms with E-state index < -0.39 is 5.82 Å². The van der Waals surface area contributed by atoms with Crippen LogP contribution in [0.25, 0.3) is 5.69 Å². The molecule has 6 nitrogen and oxygen atoms in total. The van der Waals surface area contributed by atoms with E-state index in [2.05, 4.69) is 20.3 Å². The zero-order valence-corrected chi connectivity index (χ0v) is 11.4. The van der Waals surface area contributed by atoms with E-state index in [0.717, 1.165) is 0 Å². The van der Waals surface area contributed by atoms with Gasteiger partial charge in [-0.3, -0.25) is 0 Å². The third kappa shape index (κ3) is 2.97. The van der Waals surface area contributed by atoms with E-state index in [0.29, 0.717) is 5.69 Å². The fourth-order valence-corrected chi connectivity index (χ4v) is 1.82. The molecule has 0 saturated heterocycles. The average molecular weight is 306 g/mol. The molecule has 0 N–H and O–H groups in total. The Morgan fingerprint density at radius 3 is 2.81 bits per heavy atom. The van der Waals surface area contributed by atoms with E-state index in [1.807, 2.05) is 0 Å². The van der Waals surface area contributed by atoms with E-state index in [9.17, 15) is 4.39 Å². The number of rotatable bonds is 4. The fourth-order valence-electron chi connectivity index (χ4n) is 1.65. The Kier molecular flexibility index (Phi) is 3.74. The van der Waals surface area contributed by atoms with Gasteiger partial charge in [-0.1, -0.05) is 22.9 Å². The summed E-state index contributed by atoms with van der Waals surface area (Å²) in [5, 5.41) is 7.78. The van der Waals surface area contributed by atoms with Crippen LogP contribution in [0.2, 0.25) is 5.02 Å².